The molecule has 0 aliphatic carbocycles. The fourth-order valence-electron chi connectivity index (χ4n) is 2.29. The van der Waals surface area contributed by atoms with Crippen molar-refractivity contribution in [1.82, 2.24) is 15.2 Å². The number of nitrogens with zero attached hydrogens (tertiary/aromatic N) is 2. The van der Waals surface area contributed by atoms with Gasteiger partial charge in [0.2, 0.25) is 5.91 Å². The monoisotopic (exact) mass is 348 g/mol. The Morgan fingerprint density at radius 3 is 3.00 bits per heavy atom. The van der Waals surface area contributed by atoms with Crippen LogP contribution in [-0.2, 0) is 22.6 Å². The Hall–Kier alpha value is -1.80. The Morgan fingerprint density at radius 1 is 1.38 bits per heavy atom. The van der Waals surface area contributed by atoms with Crippen LogP contribution in [0.2, 0.25) is 0 Å². The van der Waals surface area contributed by atoms with E-state index in [0.717, 1.165) is 30.0 Å². The van der Waals surface area contributed by atoms with E-state index < -0.39 is 0 Å². The van der Waals surface area contributed by atoms with Gasteiger partial charge in [-0.1, -0.05) is 12.1 Å². The maximum absolute atomic E-state index is 11.9. The van der Waals surface area contributed by atoms with Crippen LogP contribution >= 0.6 is 11.3 Å². The molecule has 7 heteroatoms. The first kappa shape index (κ1) is 18.5. The lowest BCUT2D eigenvalue weighted by molar-refractivity contribution is -0.115. The molecule has 1 aromatic heterocycles. The lowest BCUT2D eigenvalue weighted by Gasteiger charge is -2.16. The highest BCUT2D eigenvalue weighted by atomic mass is 32.1. The molecule has 2 rings (SSSR count). The fourth-order valence-corrected chi connectivity index (χ4v) is 2.84. The van der Waals surface area contributed by atoms with Crippen LogP contribution in [0.15, 0.2) is 35.2 Å². The van der Waals surface area contributed by atoms with Crippen molar-refractivity contribution in [2.45, 2.75) is 13.1 Å². The Morgan fingerprint density at radius 2 is 2.25 bits per heavy atom. The van der Waals surface area contributed by atoms with Gasteiger partial charge in [0.15, 0.2) is 0 Å². The Labute approximate surface area is 146 Å². The number of anilines is 1. The summed E-state index contributed by atoms with van der Waals surface area (Å²) < 4.78 is 4.93. The minimum atomic E-state index is -0.0564. The van der Waals surface area contributed by atoms with Gasteiger partial charge in [0.25, 0.3) is 0 Å². The summed E-state index contributed by atoms with van der Waals surface area (Å²) in [7, 11) is 3.70. The third kappa shape index (κ3) is 6.76. The molecule has 2 N–H and O–H groups in total. The van der Waals surface area contributed by atoms with Crippen molar-refractivity contribution in [3.63, 3.8) is 0 Å². The van der Waals surface area contributed by atoms with E-state index in [1.807, 2.05) is 23.7 Å². The quantitative estimate of drug-likeness (QED) is 0.643. The summed E-state index contributed by atoms with van der Waals surface area (Å²) in [5.41, 5.74) is 4.89. The van der Waals surface area contributed by atoms with Gasteiger partial charge in [-0.2, -0.15) is 0 Å². The number of benzene rings is 1. The van der Waals surface area contributed by atoms with Gasteiger partial charge in [-0.3, -0.25) is 9.69 Å². The Kier molecular flexibility index (Phi) is 7.84. The molecule has 0 aliphatic rings. The number of amides is 1. The van der Waals surface area contributed by atoms with Gasteiger partial charge >= 0.3 is 0 Å². The number of thiazole rings is 1. The number of carbonyl (C=O) groups excluding carboxylic acids is 1. The van der Waals surface area contributed by atoms with Gasteiger partial charge in [-0.05, 0) is 24.7 Å². The standard InChI is InChI=1S/C17H24N4O2S/c1-21(11-16-12-24-13-19-16)10-14-4-3-5-15(8-14)20-17(22)9-18-6-7-23-2/h3-5,8,12-13,18H,6-7,9-11H2,1-2H3,(H,20,22). The normalized spacial score (nSPS) is 11.0. The van der Waals surface area contributed by atoms with E-state index in [4.69, 9.17) is 4.74 Å². The van der Waals surface area contributed by atoms with Crippen LogP contribution in [0.4, 0.5) is 5.69 Å². The molecule has 0 spiro atoms. The average Bonchev–Trinajstić information content (AvgIpc) is 3.04. The molecule has 0 fully saturated rings. The molecule has 0 bridgehead atoms. The summed E-state index contributed by atoms with van der Waals surface area (Å²) in [4.78, 5) is 18.4. The van der Waals surface area contributed by atoms with E-state index in [2.05, 4.69) is 39.0 Å². The number of carbonyl (C=O) groups is 1. The summed E-state index contributed by atoms with van der Waals surface area (Å²) in [6.45, 7) is 3.13. The zero-order chi connectivity index (χ0) is 17.2. The van der Waals surface area contributed by atoms with Gasteiger partial charge in [0, 0.05) is 37.8 Å². The predicted molar refractivity (Wildman–Crippen MR) is 97.1 cm³/mol. The average molecular weight is 348 g/mol. The van der Waals surface area contributed by atoms with Gasteiger partial charge in [-0.15, -0.1) is 11.3 Å². The lowest BCUT2D eigenvalue weighted by atomic mass is 10.2. The summed E-state index contributed by atoms with van der Waals surface area (Å²) in [5, 5.41) is 7.99. The van der Waals surface area contributed by atoms with Crippen molar-refractivity contribution in [3.8, 4) is 0 Å². The highest BCUT2D eigenvalue weighted by molar-refractivity contribution is 7.07. The smallest absolute Gasteiger partial charge is 0.238 e. The number of ether oxygens (including phenoxy) is 1. The molecule has 1 amide bonds. The van der Waals surface area contributed by atoms with E-state index in [-0.39, 0.29) is 12.5 Å². The molecule has 0 radical (unpaired) electrons. The van der Waals surface area contributed by atoms with Crippen LogP contribution in [0.3, 0.4) is 0 Å². The number of hydrogen-bond donors (Lipinski definition) is 2. The van der Waals surface area contributed by atoms with Gasteiger partial charge in [0.1, 0.15) is 0 Å². The van der Waals surface area contributed by atoms with Crippen molar-refractivity contribution in [2.75, 3.05) is 39.2 Å². The molecule has 130 valence electrons. The van der Waals surface area contributed by atoms with E-state index in [9.17, 15) is 4.79 Å². The van der Waals surface area contributed by atoms with E-state index in [0.29, 0.717) is 13.2 Å². The number of hydrogen-bond acceptors (Lipinski definition) is 6. The van der Waals surface area contributed by atoms with Crippen molar-refractivity contribution in [1.29, 1.82) is 0 Å². The zero-order valence-electron chi connectivity index (χ0n) is 14.1. The molecule has 2 aromatic rings. The van der Waals surface area contributed by atoms with Crippen molar-refractivity contribution >= 4 is 22.9 Å². The summed E-state index contributed by atoms with van der Waals surface area (Å²) in [6.07, 6.45) is 0. The molecule has 1 heterocycles. The third-order valence-electron chi connectivity index (χ3n) is 3.35. The van der Waals surface area contributed by atoms with Crippen LogP contribution < -0.4 is 10.6 Å². The van der Waals surface area contributed by atoms with Crippen LogP contribution in [0, 0.1) is 0 Å². The van der Waals surface area contributed by atoms with E-state index >= 15 is 0 Å². The molecule has 1 aromatic carbocycles. The molecule has 24 heavy (non-hydrogen) atoms. The van der Waals surface area contributed by atoms with Crippen molar-refractivity contribution < 1.29 is 9.53 Å². The SMILES string of the molecule is COCCNCC(=O)Nc1cccc(CN(C)Cc2cscn2)c1. The molecular weight excluding hydrogens is 324 g/mol. The second kappa shape index (κ2) is 10.1. The maximum atomic E-state index is 11.9. The number of nitrogens with one attached hydrogen (secondary N) is 2. The molecular formula is C17H24N4O2S. The molecule has 0 saturated heterocycles. The predicted octanol–water partition coefficient (Wildman–Crippen LogP) is 1.95. The molecule has 0 aliphatic heterocycles. The Balaban J connectivity index is 1.81. The minimum absolute atomic E-state index is 0.0564. The van der Waals surface area contributed by atoms with Gasteiger partial charge in [-0.25, -0.2) is 4.98 Å². The fraction of sp³-hybridized carbons (Fsp3) is 0.412. The molecule has 0 unspecified atom stereocenters. The van der Waals surface area contributed by atoms with E-state index in [1.54, 1.807) is 18.4 Å². The number of aromatic nitrogens is 1. The topological polar surface area (TPSA) is 66.5 Å². The van der Waals surface area contributed by atoms with Crippen LogP contribution in [0.1, 0.15) is 11.3 Å². The molecule has 0 saturated carbocycles. The van der Waals surface area contributed by atoms with Crippen LogP contribution in [-0.4, -0.2) is 49.6 Å². The summed E-state index contributed by atoms with van der Waals surface area (Å²) in [5.74, 6) is -0.0564. The summed E-state index contributed by atoms with van der Waals surface area (Å²) in [6, 6.07) is 7.92. The minimum Gasteiger partial charge on any atom is -0.383 e. The summed E-state index contributed by atoms with van der Waals surface area (Å²) >= 11 is 1.61. The molecule has 0 atom stereocenters. The second-order valence-electron chi connectivity index (χ2n) is 5.57. The first-order valence-corrected chi connectivity index (χ1v) is 8.75. The van der Waals surface area contributed by atoms with Gasteiger partial charge < -0.3 is 15.4 Å². The number of methoxy groups -OCH3 is 1. The largest absolute Gasteiger partial charge is 0.383 e. The molecule has 6 nitrogen and oxygen atoms in total. The van der Waals surface area contributed by atoms with Gasteiger partial charge in [0.05, 0.1) is 24.4 Å². The maximum Gasteiger partial charge on any atom is 0.238 e. The van der Waals surface area contributed by atoms with E-state index in [1.165, 1.54) is 0 Å². The second-order valence-corrected chi connectivity index (χ2v) is 6.29. The Bertz CT molecular complexity index is 619. The first-order chi connectivity index (χ1) is 11.7. The third-order valence-corrected chi connectivity index (χ3v) is 3.98. The highest BCUT2D eigenvalue weighted by Crippen LogP contribution is 2.13. The van der Waals surface area contributed by atoms with Crippen molar-refractivity contribution in [2.24, 2.45) is 0 Å². The highest BCUT2D eigenvalue weighted by Gasteiger charge is 2.06. The van der Waals surface area contributed by atoms with Crippen LogP contribution in [0.25, 0.3) is 0 Å². The number of rotatable bonds is 10. The van der Waals surface area contributed by atoms with Crippen molar-refractivity contribution in [3.05, 3.63) is 46.4 Å². The lowest BCUT2D eigenvalue weighted by Crippen LogP contribution is -2.30. The zero-order valence-corrected chi connectivity index (χ0v) is 14.9. The van der Waals surface area contributed by atoms with Crippen LogP contribution in [0.5, 0.6) is 0 Å². The first-order valence-electron chi connectivity index (χ1n) is 7.81.